The summed E-state index contributed by atoms with van der Waals surface area (Å²) in [6.45, 7) is 5.78. The van der Waals surface area contributed by atoms with Gasteiger partial charge in [0.05, 0.1) is 5.25 Å². The van der Waals surface area contributed by atoms with Crippen LogP contribution in [0.1, 0.15) is 18.1 Å². The first kappa shape index (κ1) is 15.2. The van der Waals surface area contributed by atoms with E-state index in [0.717, 1.165) is 16.8 Å². The highest BCUT2D eigenvalue weighted by atomic mass is 32.2. The Hall–Kier alpha value is -2.15. The Bertz CT molecular complexity index is 662. The summed E-state index contributed by atoms with van der Waals surface area (Å²) in [5, 5.41) is 3.01. The van der Waals surface area contributed by atoms with E-state index in [-0.39, 0.29) is 17.1 Å². The lowest BCUT2D eigenvalue weighted by Crippen LogP contribution is -2.23. The van der Waals surface area contributed by atoms with Crippen molar-refractivity contribution in [2.75, 3.05) is 11.1 Å². The Balaban J connectivity index is 2.02. The maximum absolute atomic E-state index is 12.2. The van der Waals surface area contributed by atoms with Gasteiger partial charge < -0.3 is 11.1 Å². The molecule has 0 aliphatic rings. The van der Waals surface area contributed by atoms with E-state index in [1.807, 2.05) is 32.0 Å². The summed E-state index contributed by atoms with van der Waals surface area (Å²) in [7, 11) is 0. The van der Waals surface area contributed by atoms with Gasteiger partial charge in [0.2, 0.25) is 11.9 Å². The van der Waals surface area contributed by atoms with E-state index in [1.54, 1.807) is 6.92 Å². The van der Waals surface area contributed by atoms with Crippen LogP contribution in [0.15, 0.2) is 29.7 Å². The molecule has 3 N–H and O–H groups in total. The second-order valence-corrected chi connectivity index (χ2v) is 6.00. The van der Waals surface area contributed by atoms with E-state index in [2.05, 4.69) is 20.3 Å². The normalized spacial score (nSPS) is 12.0. The molecule has 0 spiro atoms. The minimum atomic E-state index is -0.340. The molecular formula is C14H17N5OS. The van der Waals surface area contributed by atoms with Gasteiger partial charge in [-0.3, -0.25) is 4.79 Å². The molecule has 0 aliphatic heterocycles. The molecule has 1 atom stereocenters. The van der Waals surface area contributed by atoms with Crippen molar-refractivity contribution in [2.24, 2.45) is 0 Å². The molecule has 21 heavy (non-hydrogen) atoms. The summed E-state index contributed by atoms with van der Waals surface area (Å²) in [6, 6.07) is 5.90. The molecule has 110 valence electrons. The standard InChI is InChI=1S/C14H17N5OS/c1-8-4-5-11(9(2)6-8)18-12(20)10(3)21-14-17-7-16-13(15)19-14/h4-7,10H,1-3H3,(H,18,20)(H2,15,16,17,19). The predicted octanol–water partition coefficient (Wildman–Crippen LogP) is 2.19. The number of anilines is 2. The van der Waals surface area contributed by atoms with Gasteiger partial charge in [0.15, 0.2) is 5.16 Å². The molecule has 0 fully saturated rings. The maximum atomic E-state index is 12.2. The Morgan fingerprint density at radius 3 is 2.76 bits per heavy atom. The quantitative estimate of drug-likeness (QED) is 0.841. The van der Waals surface area contributed by atoms with Crippen LogP contribution in [-0.4, -0.2) is 26.1 Å². The van der Waals surface area contributed by atoms with Gasteiger partial charge in [0, 0.05) is 5.69 Å². The number of carbonyl (C=O) groups is 1. The number of rotatable bonds is 4. The van der Waals surface area contributed by atoms with Crippen molar-refractivity contribution in [1.29, 1.82) is 0 Å². The first-order valence-corrected chi connectivity index (χ1v) is 7.33. The van der Waals surface area contributed by atoms with Gasteiger partial charge in [-0.2, -0.15) is 4.98 Å². The van der Waals surface area contributed by atoms with Crippen LogP contribution in [0.3, 0.4) is 0 Å². The third kappa shape index (κ3) is 4.16. The number of hydrogen-bond acceptors (Lipinski definition) is 6. The number of benzene rings is 1. The topological polar surface area (TPSA) is 93.8 Å². The first-order valence-electron chi connectivity index (χ1n) is 6.45. The van der Waals surface area contributed by atoms with Crippen molar-refractivity contribution >= 4 is 29.3 Å². The number of thioether (sulfide) groups is 1. The number of aryl methyl sites for hydroxylation is 2. The van der Waals surface area contributed by atoms with Crippen LogP contribution in [0.4, 0.5) is 11.6 Å². The zero-order valence-electron chi connectivity index (χ0n) is 12.1. The number of hydrogen-bond donors (Lipinski definition) is 2. The third-order valence-corrected chi connectivity index (χ3v) is 3.83. The average molecular weight is 303 g/mol. The number of nitrogens with one attached hydrogen (secondary N) is 1. The summed E-state index contributed by atoms with van der Waals surface area (Å²) < 4.78 is 0. The van der Waals surface area contributed by atoms with Gasteiger partial charge in [-0.15, -0.1) is 0 Å². The highest BCUT2D eigenvalue weighted by Gasteiger charge is 2.17. The monoisotopic (exact) mass is 303 g/mol. The molecule has 1 aromatic heterocycles. The Labute approximate surface area is 127 Å². The van der Waals surface area contributed by atoms with E-state index >= 15 is 0 Å². The molecule has 0 aliphatic carbocycles. The van der Waals surface area contributed by atoms with Crippen LogP contribution in [0.2, 0.25) is 0 Å². The average Bonchev–Trinajstić information content (AvgIpc) is 2.41. The van der Waals surface area contributed by atoms with Crippen LogP contribution in [0, 0.1) is 13.8 Å². The fourth-order valence-electron chi connectivity index (χ4n) is 1.75. The summed E-state index contributed by atoms with van der Waals surface area (Å²) >= 11 is 1.24. The number of carbonyl (C=O) groups excluding carboxylic acids is 1. The number of aromatic nitrogens is 3. The van der Waals surface area contributed by atoms with E-state index in [0.29, 0.717) is 5.16 Å². The minimum absolute atomic E-state index is 0.106. The highest BCUT2D eigenvalue weighted by Crippen LogP contribution is 2.22. The van der Waals surface area contributed by atoms with E-state index < -0.39 is 0 Å². The van der Waals surface area contributed by atoms with Gasteiger partial charge in [-0.25, -0.2) is 9.97 Å². The number of nitrogen functional groups attached to an aromatic ring is 1. The molecule has 2 aromatic rings. The Morgan fingerprint density at radius 2 is 2.10 bits per heavy atom. The molecule has 1 heterocycles. The number of amides is 1. The summed E-state index contributed by atoms with van der Waals surface area (Å²) in [5.41, 5.74) is 8.50. The number of nitrogens with zero attached hydrogens (tertiary/aromatic N) is 3. The molecule has 0 radical (unpaired) electrons. The molecule has 1 aromatic carbocycles. The lowest BCUT2D eigenvalue weighted by atomic mass is 10.1. The third-order valence-electron chi connectivity index (χ3n) is 2.86. The Morgan fingerprint density at radius 1 is 1.33 bits per heavy atom. The lowest BCUT2D eigenvalue weighted by Gasteiger charge is -2.13. The van der Waals surface area contributed by atoms with Gasteiger partial charge in [0.1, 0.15) is 6.33 Å². The van der Waals surface area contributed by atoms with Gasteiger partial charge >= 0.3 is 0 Å². The van der Waals surface area contributed by atoms with Crippen molar-refractivity contribution in [3.05, 3.63) is 35.7 Å². The van der Waals surface area contributed by atoms with Crippen molar-refractivity contribution in [2.45, 2.75) is 31.2 Å². The number of nitrogens with two attached hydrogens (primary N) is 1. The molecule has 0 saturated carbocycles. The summed E-state index contributed by atoms with van der Waals surface area (Å²) in [6.07, 6.45) is 1.33. The van der Waals surface area contributed by atoms with Crippen molar-refractivity contribution in [3.8, 4) is 0 Å². The molecular weight excluding hydrogens is 286 g/mol. The van der Waals surface area contributed by atoms with E-state index in [4.69, 9.17) is 5.73 Å². The molecule has 2 rings (SSSR count). The predicted molar refractivity (Wildman–Crippen MR) is 84.1 cm³/mol. The van der Waals surface area contributed by atoms with Crippen molar-refractivity contribution < 1.29 is 4.79 Å². The molecule has 1 amide bonds. The Kier molecular flexibility index (Phi) is 4.74. The highest BCUT2D eigenvalue weighted by molar-refractivity contribution is 8.00. The molecule has 0 bridgehead atoms. The van der Waals surface area contributed by atoms with Crippen molar-refractivity contribution in [3.63, 3.8) is 0 Å². The largest absolute Gasteiger partial charge is 0.368 e. The zero-order valence-corrected chi connectivity index (χ0v) is 12.9. The summed E-state index contributed by atoms with van der Waals surface area (Å²) in [4.78, 5) is 23.9. The SMILES string of the molecule is Cc1ccc(NC(=O)C(C)Sc2ncnc(N)n2)c(C)c1. The first-order chi connectivity index (χ1) is 9.95. The molecule has 1 unspecified atom stereocenters. The minimum Gasteiger partial charge on any atom is -0.368 e. The lowest BCUT2D eigenvalue weighted by molar-refractivity contribution is -0.115. The van der Waals surface area contributed by atoms with Crippen LogP contribution < -0.4 is 11.1 Å². The van der Waals surface area contributed by atoms with E-state index in [9.17, 15) is 4.79 Å². The van der Waals surface area contributed by atoms with Crippen LogP contribution in [0.5, 0.6) is 0 Å². The van der Waals surface area contributed by atoms with Crippen LogP contribution in [-0.2, 0) is 4.79 Å². The van der Waals surface area contributed by atoms with E-state index in [1.165, 1.54) is 18.1 Å². The second kappa shape index (κ2) is 6.53. The van der Waals surface area contributed by atoms with Crippen LogP contribution >= 0.6 is 11.8 Å². The zero-order chi connectivity index (χ0) is 15.4. The maximum Gasteiger partial charge on any atom is 0.237 e. The smallest absolute Gasteiger partial charge is 0.237 e. The molecule has 0 saturated heterocycles. The second-order valence-electron chi connectivity index (χ2n) is 4.69. The van der Waals surface area contributed by atoms with Crippen molar-refractivity contribution in [1.82, 2.24) is 15.0 Å². The van der Waals surface area contributed by atoms with Gasteiger partial charge in [-0.05, 0) is 32.4 Å². The fraction of sp³-hybridized carbons (Fsp3) is 0.286. The van der Waals surface area contributed by atoms with Gasteiger partial charge in [0.25, 0.3) is 0 Å². The molecule has 7 heteroatoms. The fourth-order valence-corrected chi connectivity index (χ4v) is 2.49. The van der Waals surface area contributed by atoms with Gasteiger partial charge in [-0.1, -0.05) is 29.5 Å². The van der Waals surface area contributed by atoms with Crippen LogP contribution in [0.25, 0.3) is 0 Å². The summed E-state index contributed by atoms with van der Waals surface area (Å²) in [5.74, 6) is 0.0421. The molecule has 6 nitrogen and oxygen atoms in total.